The van der Waals surface area contributed by atoms with Crippen molar-refractivity contribution in [2.45, 2.75) is 25.8 Å². The van der Waals surface area contributed by atoms with Crippen molar-refractivity contribution >= 4 is 17.7 Å². The molecule has 0 atom stereocenters. The zero-order valence-electron chi connectivity index (χ0n) is 18.9. The maximum absolute atomic E-state index is 14.6. The molecule has 2 heterocycles. The highest BCUT2D eigenvalue weighted by molar-refractivity contribution is 5.94. The maximum Gasteiger partial charge on any atom is 0.251 e. The first kappa shape index (κ1) is 25.0. The average Bonchev–Trinajstić information content (AvgIpc) is 2.84. The van der Waals surface area contributed by atoms with E-state index >= 15 is 0 Å². The number of hydrogen-bond donors (Lipinski definition) is 3. The van der Waals surface area contributed by atoms with Gasteiger partial charge in [-0.2, -0.15) is 0 Å². The minimum atomic E-state index is -0.638. The van der Waals surface area contributed by atoms with E-state index in [0.717, 1.165) is 0 Å². The second kappa shape index (κ2) is 12.0. The van der Waals surface area contributed by atoms with Crippen LogP contribution in [0, 0.1) is 5.82 Å². The number of fused-ring (bicyclic) bond motifs is 13. The SMILES string of the molecule is COc1cc2ccc1Oc1cccc(F)c1CNC(=O)CCCN(C(=O)CO)CCCNC2=O. The molecule has 0 unspecified atom stereocenters. The fraction of sp³-hybridized carbons (Fsp3) is 0.375. The number of nitrogens with zero attached hydrogens (tertiary/aromatic N) is 1. The molecule has 2 aliphatic heterocycles. The summed E-state index contributed by atoms with van der Waals surface area (Å²) in [5, 5.41) is 14.7. The van der Waals surface area contributed by atoms with Gasteiger partial charge >= 0.3 is 0 Å². The van der Waals surface area contributed by atoms with Crippen molar-refractivity contribution in [1.29, 1.82) is 0 Å². The summed E-state index contributed by atoms with van der Waals surface area (Å²) in [6.07, 6.45) is 0.952. The van der Waals surface area contributed by atoms with Crippen LogP contribution in [0.2, 0.25) is 0 Å². The molecule has 9 nitrogen and oxygen atoms in total. The quantitative estimate of drug-likeness (QED) is 0.614. The summed E-state index contributed by atoms with van der Waals surface area (Å²) < 4.78 is 25.8. The van der Waals surface area contributed by atoms with Crippen molar-refractivity contribution < 1.29 is 33.4 Å². The van der Waals surface area contributed by atoms with E-state index in [1.807, 2.05) is 0 Å². The summed E-state index contributed by atoms with van der Waals surface area (Å²) >= 11 is 0. The van der Waals surface area contributed by atoms with Gasteiger partial charge in [0.2, 0.25) is 11.8 Å². The Labute approximate surface area is 196 Å². The van der Waals surface area contributed by atoms with Gasteiger partial charge in [-0.1, -0.05) is 6.07 Å². The Kier molecular flexibility index (Phi) is 8.80. The zero-order chi connectivity index (χ0) is 24.5. The third kappa shape index (κ3) is 6.44. The molecule has 4 rings (SSSR count). The van der Waals surface area contributed by atoms with Crippen LogP contribution < -0.4 is 20.1 Å². The number of halogens is 1. The van der Waals surface area contributed by atoms with Crippen molar-refractivity contribution in [2.75, 3.05) is 33.4 Å². The molecule has 34 heavy (non-hydrogen) atoms. The summed E-state index contributed by atoms with van der Waals surface area (Å²) in [6, 6.07) is 8.96. The summed E-state index contributed by atoms with van der Waals surface area (Å²) in [4.78, 5) is 38.4. The topological polar surface area (TPSA) is 117 Å². The maximum atomic E-state index is 14.6. The second-order valence-corrected chi connectivity index (χ2v) is 7.71. The standard InChI is InChI=1S/C24H28FN3O6/c1-33-21-13-16-8-9-20(21)34-19-6-2-5-18(25)17(19)14-27-22(30)7-3-11-28(23(31)15-29)12-4-10-26-24(16)32/h2,5-6,8-9,13,29H,3-4,7,10-12,14-15H2,1H3,(H,26,32)(H,27,30). The van der Waals surface area contributed by atoms with Gasteiger partial charge in [-0.25, -0.2) is 4.39 Å². The highest BCUT2D eigenvalue weighted by Gasteiger charge is 2.17. The van der Waals surface area contributed by atoms with Gasteiger partial charge in [0.05, 0.1) is 7.11 Å². The van der Waals surface area contributed by atoms with Crippen LogP contribution in [0.15, 0.2) is 36.4 Å². The fourth-order valence-corrected chi connectivity index (χ4v) is 3.56. The summed E-state index contributed by atoms with van der Waals surface area (Å²) in [5.41, 5.74) is 0.506. The lowest BCUT2D eigenvalue weighted by Crippen LogP contribution is -2.37. The zero-order valence-corrected chi connectivity index (χ0v) is 18.9. The molecule has 2 aromatic rings. The molecule has 3 amide bonds. The highest BCUT2D eigenvalue weighted by Crippen LogP contribution is 2.34. The molecule has 10 heteroatoms. The van der Waals surface area contributed by atoms with E-state index in [0.29, 0.717) is 31.5 Å². The van der Waals surface area contributed by atoms with Crippen molar-refractivity contribution in [2.24, 2.45) is 0 Å². The number of aliphatic hydroxyl groups is 1. The molecule has 0 saturated heterocycles. The molecule has 2 bridgehead atoms. The number of hydrogen-bond acceptors (Lipinski definition) is 6. The monoisotopic (exact) mass is 473 g/mol. The van der Waals surface area contributed by atoms with Crippen LogP contribution in [0.5, 0.6) is 17.2 Å². The predicted molar refractivity (Wildman–Crippen MR) is 121 cm³/mol. The lowest BCUT2D eigenvalue weighted by atomic mass is 10.1. The van der Waals surface area contributed by atoms with E-state index in [2.05, 4.69) is 10.6 Å². The Balaban J connectivity index is 1.89. The average molecular weight is 474 g/mol. The summed E-state index contributed by atoms with van der Waals surface area (Å²) in [7, 11) is 1.43. The van der Waals surface area contributed by atoms with Gasteiger partial charge in [0.1, 0.15) is 18.2 Å². The van der Waals surface area contributed by atoms with E-state index in [-0.39, 0.29) is 54.1 Å². The molecule has 0 saturated carbocycles. The molecule has 182 valence electrons. The number of carbonyl (C=O) groups excluding carboxylic acids is 3. The van der Waals surface area contributed by atoms with Crippen LogP contribution in [0.25, 0.3) is 0 Å². The number of aliphatic hydroxyl groups excluding tert-OH is 1. The van der Waals surface area contributed by atoms with Gasteiger partial charge in [0.15, 0.2) is 11.5 Å². The first-order valence-electron chi connectivity index (χ1n) is 11.0. The van der Waals surface area contributed by atoms with E-state index < -0.39 is 18.3 Å². The minimum Gasteiger partial charge on any atom is -0.493 e. The van der Waals surface area contributed by atoms with Crippen LogP contribution in [0.3, 0.4) is 0 Å². The van der Waals surface area contributed by atoms with Gasteiger partial charge in [0.25, 0.3) is 5.91 Å². The molecule has 0 fully saturated rings. The number of nitrogens with one attached hydrogen (secondary N) is 2. The Hall–Kier alpha value is -3.66. The third-order valence-electron chi connectivity index (χ3n) is 5.39. The molecular formula is C24H28FN3O6. The summed E-state index contributed by atoms with van der Waals surface area (Å²) in [5.74, 6) is -0.863. The Bertz CT molecular complexity index is 1050. The van der Waals surface area contributed by atoms with Gasteiger partial charge in [-0.15, -0.1) is 0 Å². The van der Waals surface area contributed by atoms with Crippen molar-refractivity contribution in [3.63, 3.8) is 0 Å². The largest absolute Gasteiger partial charge is 0.493 e. The molecule has 0 aromatic heterocycles. The molecule has 0 radical (unpaired) electrons. The Morgan fingerprint density at radius 3 is 2.71 bits per heavy atom. The fourth-order valence-electron chi connectivity index (χ4n) is 3.56. The lowest BCUT2D eigenvalue weighted by molar-refractivity contribution is -0.134. The van der Waals surface area contributed by atoms with Crippen molar-refractivity contribution in [3.8, 4) is 17.2 Å². The number of methoxy groups -OCH3 is 1. The van der Waals surface area contributed by atoms with Gasteiger partial charge in [-0.3, -0.25) is 14.4 Å². The van der Waals surface area contributed by atoms with E-state index in [1.165, 1.54) is 30.2 Å². The van der Waals surface area contributed by atoms with Gasteiger partial charge < -0.3 is 30.1 Å². The van der Waals surface area contributed by atoms with E-state index in [4.69, 9.17) is 9.47 Å². The molecule has 3 N–H and O–H groups in total. The lowest BCUT2D eigenvalue weighted by Gasteiger charge is -2.22. The Morgan fingerprint density at radius 2 is 1.94 bits per heavy atom. The summed E-state index contributed by atoms with van der Waals surface area (Å²) in [6.45, 7) is 0.161. The molecule has 0 spiro atoms. The Morgan fingerprint density at radius 1 is 1.15 bits per heavy atom. The normalized spacial score (nSPS) is 15.7. The van der Waals surface area contributed by atoms with Crippen molar-refractivity contribution in [3.05, 3.63) is 53.3 Å². The molecule has 2 aliphatic rings. The number of amides is 3. The number of rotatable bonds is 2. The highest BCUT2D eigenvalue weighted by atomic mass is 19.1. The van der Waals surface area contributed by atoms with Crippen LogP contribution in [0.1, 0.15) is 35.2 Å². The first-order valence-corrected chi connectivity index (χ1v) is 11.0. The first-order chi connectivity index (χ1) is 16.4. The van der Waals surface area contributed by atoms with Crippen molar-refractivity contribution in [1.82, 2.24) is 15.5 Å². The smallest absolute Gasteiger partial charge is 0.251 e. The molecule has 2 aromatic carbocycles. The minimum absolute atomic E-state index is 0.0943. The predicted octanol–water partition coefficient (Wildman–Crippen LogP) is 1.98. The second-order valence-electron chi connectivity index (χ2n) is 7.71. The van der Waals surface area contributed by atoms with Gasteiger partial charge in [0, 0.05) is 43.7 Å². The van der Waals surface area contributed by atoms with Crippen LogP contribution in [-0.2, 0) is 16.1 Å². The number of benzene rings is 2. The number of ether oxygens (including phenoxy) is 2. The molecular weight excluding hydrogens is 445 g/mol. The third-order valence-corrected chi connectivity index (χ3v) is 5.39. The van der Waals surface area contributed by atoms with Crippen LogP contribution in [-0.4, -0.2) is 61.1 Å². The van der Waals surface area contributed by atoms with Crippen LogP contribution in [0.4, 0.5) is 4.39 Å². The van der Waals surface area contributed by atoms with E-state index in [1.54, 1.807) is 18.2 Å². The van der Waals surface area contributed by atoms with Crippen LogP contribution >= 0.6 is 0 Å². The van der Waals surface area contributed by atoms with Gasteiger partial charge in [-0.05, 0) is 43.2 Å². The molecule has 0 aliphatic carbocycles. The van der Waals surface area contributed by atoms with E-state index in [9.17, 15) is 23.9 Å². The number of carbonyl (C=O) groups is 3.